The van der Waals surface area contributed by atoms with Gasteiger partial charge in [-0.05, 0) is 18.9 Å². The molecule has 36 heavy (non-hydrogen) atoms. The fourth-order valence-corrected chi connectivity index (χ4v) is 3.88. The number of imidazole rings is 1. The molecule has 1 aliphatic heterocycles. The van der Waals surface area contributed by atoms with Crippen molar-refractivity contribution in [2.45, 2.75) is 31.6 Å². The second kappa shape index (κ2) is 10.1. The lowest BCUT2D eigenvalue weighted by molar-refractivity contribution is -0.146. The zero-order valence-electron chi connectivity index (χ0n) is 19.4. The zero-order valence-corrected chi connectivity index (χ0v) is 19.4. The molecule has 1 unspecified atom stereocenters. The highest BCUT2D eigenvalue weighted by Crippen LogP contribution is 2.34. The standard InChI is InChI=1S/C21H23F3N10O2/c1-25-18-16(19(36)26-2)33(11-30-18)10-15(35)31-14-5-6-27-17(32-14)12-8-28-20(29-9-12)34-7-3-4-13(34)21(22,23)24/h5-6,8-9,11,13,25H,3-4,7,10H2,1-2H3,(H,26,36)(H,27,31,32,35). The Labute approximate surface area is 203 Å². The maximum absolute atomic E-state index is 13.2. The van der Waals surface area contributed by atoms with Gasteiger partial charge in [-0.2, -0.15) is 13.2 Å². The van der Waals surface area contributed by atoms with Crippen molar-refractivity contribution in [2.75, 3.05) is 36.2 Å². The Morgan fingerprint density at radius 3 is 2.56 bits per heavy atom. The number of nitrogens with zero attached hydrogens (tertiary/aromatic N) is 7. The molecule has 0 aromatic carbocycles. The highest BCUT2D eigenvalue weighted by atomic mass is 19.4. The molecule has 1 saturated heterocycles. The van der Waals surface area contributed by atoms with E-state index in [0.717, 1.165) is 4.90 Å². The summed E-state index contributed by atoms with van der Waals surface area (Å²) in [5.41, 5.74) is 0.564. The van der Waals surface area contributed by atoms with E-state index < -0.39 is 24.0 Å². The Balaban J connectivity index is 1.46. The Morgan fingerprint density at radius 2 is 1.89 bits per heavy atom. The van der Waals surface area contributed by atoms with Crippen LogP contribution in [0.25, 0.3) is 11.4 Å². The van der Waals surface area contributed by atoms with Crippen molar-refractivity contribution in [3.05, 3.63) is 36.7 Å². The van der Waals surface area contributed by atoms with Crippen molar-refractivity contribution >= 4 is 29.4 Å². The second-order valence-corrected chi connectivity index (χ2v) is 7.88. The lowest BCUT2D eigenvalue weighted by Crippen LogP contribution is -2.42. The third-order valence-corrected chi connectivity index (χ3v) is 5.54. The molecule has 3 aromatic rings. The maximum Gasteiger partial charge on any atom is 0.408 e. The lowest BCUT2D eigenvalue weighted by Gasteiger charge is -2.26. The van der Waals surface area contributed by atoms with Gasteiger partial charge in [-0.3, -0.25) is 9.59 Å². The largest absolute Gasteiger partial charge is 0.408 e. The summed E-state index contributed by atoms with van der Waals surface area (Å²) in [6.07, 6.45) is 1.51. The third-order valence-electron chi connectivity index (χ3n) is 5.54. The summed E-state index contributed by atoms with van der Waals surface area (Å²) >= 11 is 0. The summed E-state index contributed by atoms with van der Waals surface area (Å²) < 4.78 is 41.1. The molecular weight excluding hydrogens is 481 g/mol. The van der Waals surface area contributed by atoms with Crippen LogP contribution in [-0.2, 0) is 11.3 Å². The molecule has 0 radical (unpaired) electrons. The summed E-state index contributed by atoms with van der Waals surface area (Å²) in [7, 11) is 3.08. The topological polar surface area (TPSA) is 143 Å². The maximum atomic E-state index is 13.2. The zero-order chi connectivity index (χ0) is 25.9. The van der Waals surface area contributed by atoms with Crippen LogP contribution in [0.1, 0.15) is 23.3 Å². The predicted molar refractivity (Wildman–Crippen MR) is 123 cm³/mol. The van der Waals surface area contributed by atoms with Crippen molar-refractivity contribution in [1.82, 2.24) is 34.8 Å². The SMILES string of the molecule is CNC(=O)c1c(NC)ncn1CC(=O)Nc1ccnc(-c2cnc(N3CCCC3C(F)(F)F)nc2)n1. The van der Waals surface area contributed by atoms with E-state index in [-0.39, 0.29) is 42.8 Å². The van der Waals surface area contributed by atoms with Gasteiger partial charge in [0.05, 0.1) is 11.9 Å². The summed E-state index contributed by atoms with van der Waals surface area (Å²) in [5, 5.41) is 7.92. The highest BCUT2D eigenvalue weighted by molar-refractivity contribution is 5.98. The minimum Gasteiger partial charge on any atom is -0.371 e. The van der Waals surface area contributed by atoms with Gasteiger partial charge in [-0.1, -0.05) is 0 Å². The van der Waals surface area contributed by atoms with E-state index in [4.69, 9.17) is 0 Å². The number of hydrogen-bond donors (Lipinski definition) is 3. The van der Waals surface area contributed by atoms with Crippen molar-refractivity contribution < 1.29 is 22.8 Å². The molecule has 1 fully saturated rings. The summed E-state index contributed by atoms with van der Waals surface area (Å²) in [4.78, 5) is 46.5. The number of carbonyl (C=O) groups is 2. The molecule has 12 nitrogen and oxygen atoms in total. The van der Waals surface area contributed by atoms with Crippen LogP contribution in [0.3, 0.4) is 0 Å². The van der Waals surface area contributed by atoms with Crippen LogP contribution in [-0.4, -0.2) is 74.2 Å². The molecule has 0 bridgehead atoms. The summed E-state index contributed by atoms with van der Waals surface area (Å²) in [6.45, 7) is 0.0146. The highest BCUT2D eigenvalue weighted by Gasteiger charge is 2.46. The average molecular weight is 504 g/mol. The molecule has 0 aliphatic carbocycles. The summed E-state index contributed by atoms with van der Waals surface area (Å²) in [6, 6.07) is -0.136. The lowest BCUT2D eigenvalue weighted by atomic mass is 10.2. The van der Waals surface area contributed by atoms with E-state index in [1.54, 1.807) is 7.05 Å². The number of halogens is 3. The number of rotatable bonds is 7. The average Bonchev–Trinajstić information content (AvgIpc) is 3.51. The molecule has 3 aromatic heterocycles. The van der Waals surface area contributed by atoms with Crippen molar-refractivity contribution in [3.63, 3.8) is 0 Å². The fraction of sp³-hybridized carbons (Fsp3) is 0.381. The molecular formula is C21H23F3N10O2. The first-order valence-electron chi connectivity index (χ1n) is 10.9. The van der Waals surface area contributed by atoms with Gasteiger partial charge in [0.15, 0.2) is 17.3 Å². The Bertz CT molecular complexity index is 1250. The van der Waals surface area contributed by atoms with E-state index in [1.807, 2.05) is 0 Å². The van der Waals surface area contributed by atoms with Crippen LogP contribution in [0.5, 0.6) is 0 Å². The predicted octanol–water partition coefficient (Wildman–Crippen LogP) is 1.70. The number of anilines is 3. The Hall–Kier alpha value is -4.30. The number of hydrogen-bond acceptors (Lipinski definition) is 9. The smallest absolute Gasteiger partial charge is 0.371 e. The first-order chi connectivity index (χ1) is 17.2. The normalized spacial score (nSPS) is 15.6. The monoisotopic (exact) mass is 504 g/mol. The van der Waals surface area contributed by atoms with Crippen LogP contribution >= 0.6 is 0 Å². The number of aromatic nitrogens is 6. The van der Waals surface area contributed by atoms with Crippen LogP contribution < -0.4 is 20.9 Å². The molecule has 0 spiro atoms. The van der Waals surface area contributed by atoms with Gasteiger partial charge < -0.3 is 25.4 Å². The quantitative estimate of drug-likeness (QED) is 0.438. The van der Waals surface area contributed by atoms with Crippen LogP contribution in [0.2, 0.25) is 0 Å². The molecule has 1 aliphatic rings. The molecule has 4 heterocycles. The molecule has 2 amide bonds. The van der Waals surface area contributed by atoms with Crippen LogP contribution in [0.4, 0.5) is 30.8 Å². The molecule has 4 rings (SSSR count). The first kappa shape index (κ1) is 24.8. The van der Waals surface area contributed by atoms with E-state index in [0.29, 0.717) is 17.8 Å². The molecule has 0 saturated carbocycles. The number of alkyl halides is 3. The van der Waals surface area contributed by atoms with Crippen LogP contribution in [0.15, 0.2) is 31.0 Å². The third kappa shape index (κ3) is 5.18. The number of carbonyl (C=O) groups excluding carboxylic acids is 2. The Kier molecular flexibility index (Phi) is 6.98. The van der Waals surface area contributed by atoms with Crippen molar-refractivity contribution in [2.24, 2.45) is 0 Å². The molecule has 15 heteroatoms. The van der Waals surface area contributed by atoms with E-state index >= 15 is 0 Å². The number of nitrogens with one attached hydrogen (secondary N) is 3. The molecule has 1 atom stereocenters. The van der Waals surface area contributed by atoms with Gasteiger partial charge in [0.2, 0.25) is 11.9 Å². The second-order valence-electron chi connectivity index (χ2n) is 7.88. The molecule has 3 N–H and O–H groups in total. The van der Waals surface area contributed by atoms with E-state index in [1.165, 1.54) is 42.6 Å². The fourth-order valence-electron chi connectivity index (χ4n) is 3.88. The van der Waals surface area contributed by atoms with Crippen molar-refractivity contribution in [3.8, 4) is 11.4 Å². The minimum atomic E-state index is -4.36. The van der Waals surface area contributed by atoms with Gasteiger partial charge in [0, 0.05) is 39.2 Å². The van der Waals surface area contributed by atoms with Gasteiger partial charge in [-0.25, -0.2) is 24.9 Å². The number of amides is 2. The van der Waals surface area contributed by atoms with Gasteiger partial charge in [-0.15, -0.1) is 0 Å². The summed E-state index contributed by atoms with van der Waals surface area (Å²) in [5.74, 6) is -0.210. The molecule has 190 valence electrons. The van der Waals surface area contributed by atoms with E-state index in [2.05, 4.69) is 40.9 Å². The van der Waals surface area contributed by atoms with E-state index in [9.17, 15) is 22.8 Å². The Morgan fingerprint density at radius 1 is 1.14 bits per heavy atom. The van der Waals surface area contributed by atoms with Crippen molar-refractivity contribution in [1.29, 1.82) is 0 Å². The van der Waals surface area contributed by atoms with Crippen LogP contribution in [0, 0.1) is 0 Å². The minimum absolute atomic E-state index is 0.000577. The van der Waals surface area contributed by atoms with Gasteiger partial charge in [0.1, 0.15) is 18.4 Å². The first-order valence-corrected chi connectivity index (χ1v) is 10.9. The van der Waals surface area contributed by atoms with Gasteiger partial charge >= 0.3 is 6.18 Å². The van der Waals surface area contributed by atoms with Gasteiger partial charge in [0.25, 0.3) is 5.91 Å².